The minimum absolute atomic E-state index is 0.108. The third-order valence-corrected chi connectivity index (χ3v) is 6.75. The van der Waals surface area contributed by atoms with E-state index in [0.29, 0.717) is 15.6 Å². The molecule has 0 saturated carbocycles. The van der Waals surface area contributed by atoms with Gasteiger partial charge in [0.25, 0.3) is 0 Å². The van der Waals surface area contributed by atoms with Crippen molar-refractivity contribution in [3.63, 3.8) is 0 Å². The molecule has 3 aromatic rings. The van der Waals surface area contributed by atoms with Crippen molar-refractivity contribution in [2.45, 2.75) is 53.1 Å². The Morgan fingerprint density at radius 3 is 2.73 bits per heavy atom. The molecule has 1 N–H and O–H groups in total. The number of esters is 1. The molecule has 0 aliphatic rings. The summed E-state index contributed by atoms with van der Waals surface area (Å²) < 4.78 is 5.45. The second-order valence-electron chi connectivity index (χ2n) is 7.01. The summed E-state index contributed by atoms with van der Waals surface area (Å²) >= 11 is 2.92. The third-order valence-electron chi connectivity index (χ3n) is 4.64. The lowest BCUT2D eigenvalue weighted by Crippen LogP contribution is -2.15. The molecule has 0 spiro atoms. The number of carbonyl (C=O) groups is 2. The van der Waals surface area contributed by atoms with E-state index in [1.165, 1.54) is 33.1 Å². The van der Waals surface area contributed by atoms with Gasteiger partial charge in [-0.25, -0.2) is 9.78 Å². The molecule has 0 radical (unpaired) electrons. The minimum atomic E-state index is -0.316. The van der Waals surface area contributed by atoms with Crippen LogP contribution in [-0.4, -0.2) is 16.9 Å². The molecule has 1 aromatic carbocycles. The lowest BCUT2D eigenvalue weighted by atomic mass is 10.1. The molecule has 0 unspecified atom stereocenters. The van der Waals surface area contributed by atoms with Crippen LogP contribution in [0.25, 0.3) is 0 Å². The number of para-hydroxylation sites is 1. The average Bonchev–Trinajstić information content (AvgIpc) is 3.35. The number of thiophene rings is 1. The fraction of sp³-hybridized carbons (Fsp3) is 0.348. The van der Waals surface area contributed by atoms with E-state index in [0.717, 1.165) is 30.5 Å². The largest absolute Gasteiger partial charge is 0.455 e. The minimum Gasteiger partial charge on any atom is -0.455 e. The van der Waals surface area contributed by atoms with Crippen molar-refractivity contribution in [3.8, 4) is 0 Å². The number of aromatic nitrogens is 1. The molecule has 0 saturated heterocycles. The third kappa shape index (κ3) is 5.77. The molecule has 158 valence electrons. The van der Waals surface area contributed by atoms with Gasteiger partial charge < -0.3 is 10.1 Å². The molecule has 0 aliphatic heterocycles. The smallest absolute Gasteiger partial charge is 0.348 e. The molecule has 0 aliphatic carbocycles. The number of anilines is 1. The van der Waals surface area contributed by atoms with Crippen LogP contribution in [0.15, 0.2) is 35.7 Å². The quantitative estimate of drug-likeness (QED) is 0.440. The molecule has 5 nitrogen and oxygen atoms in total. The molecule has 30 heavy (non-hydrogen) atoms. The van der Waals surface area contributed by atoms with Crippen molar-refractivity contribution in [2.75, 3.05) is 5.32 Å². The standard InChI is InChI=1S/C23H26N2O3S2/c1-4-8-19-16(5-2)11-20(30-19)23(27)28-13-17-14-29-22(24-17)12-21(26)25-18-10-7-6-9-15(18)3/h6-7,9-11,14H,4-5,8,12-13H2,1-3H3,(H,25,26). The van der Waals surface area contributed by atoms with Gasteiger partial charge in [-0.2, -0.15) is 0 Å². The number of ether oxygens (including phenoxy) is 1. The first-order chi connectivity index (χ1) is 14.5. The van der Waals surface area contributed by atoms with Gasteiger partial charge in [-0.3, -0.25) is 4.79 Å². The first-order valence-electron chi connectivity index (χ1n) is 10.1. The fourth-order valence-corrected chi connectivity index (χ4v) is 5.08. The van der Waals surface area contributed by atoms with Crippen LogP contribution in [0, 0.1) is 6.92 Å². The normalized spacial score (nSPS) is 10.8. The zero-order valence-corrected chi connectivity index (χ0v) is 19.1. The number of benzene rings is 1. The van der Waals surface area contributed by atoms with Crippen molar-refractivity contribution in [3.05, 3.63) is 67.3 Å². The summed E-state index contributed by atoms with van der Waals surface area (Å²) in [6, 6.07) is 9.60. The van der Waals surface area contributed by atoms with Gasteiger partial charge in [0.15, 0.2) is 0 Å². The molecule has 2 aromatic heterocycles. The maximum absolute atomic E-state index is 12.4. The van der Waals surface area contributed by atoms with Gasteiger partial charge in [-0.1, -0.05) is 38.5 Å². The summed E-state index contributed by atoms with van der Waals surface area (Å²) in [5, 5.41) is 5.43. The summed E-state index contributed by atoms with van der Waals surface area (Å²) in [6.07, 6.45) is 3.15. The summed E-state index contributed by atoms with van der Waals surface area (Å²) in [7, 11) is 0. The zero-order valence-electron chi connectivity index (χ0n) is 17.5. The second kappa shape index (κ2) is 10.5. The average molecular weight is 443 g/mol. The van der Waals surface area contributed by atoms with Crippen LogP contribution in [0.1, 0.15) is 56.6 Å². The van der Waals surface area contributed by atoms with Crippen molar-refractivity contribution in [1.29, 1.82) is 0 Å². The molecule has 3 rings (SSSR count). The van der Waals surface area contributed by atoms with E-state index < -0.39 is 0 Å². The molecular formula is C23H26N2O3S2. The molecule has 0 fully saturated rings. The van der Waals surface area contributed by atoms with Crippen LogP contribution in [0.2, 0.25) is 0 Å². The van der Waals surface area contributed by atoms with Gasteiger partial charge in [0, 0.05) is 15.9 Å². The lowest BCUT2D eigenvalue weighted by molar-refractivity contribution is -0.115. The Hall–Kier alpha value is -2.51. The Labute approximate surface area is 185 Å². The van der Waals surface area contributed by atoms with Crippen molar-refractivity contribution in [2.24, 2.45) is 0 Å². The number of aryl methyl sites for hydroxylation is 3. The fourth-order valence-electron chi connectivity index (χ4n) is 3.06. The van der Waals surface area contributed by atoms with Crippen LogP contribution < -0.4 is 5.32 Å². The Balaban J connectivity index is 1.53. The van der Waals surface area contributed by atoms with Gasteiger partial charge in [0.1, 0.15) is 16.5 Å². The SMILES string of the molecule is CCCc1sc(C(=O)OCc2csc(CC(=O)Nc3ccccc3C)n2)cc1CC. The van der Waals surface area contributed by atoms with Crippen LogP contribution in [-0.2, 0) is 35.4 Å². The van der Waals surface area contributed by atoms with Crippen LogP contribution >= 0.6 is 22.7 Å². The first-order valence-corrected chi connectivity index (χ1v) is 11.8. The highest BCUT2D eigenvalue weighted by Crippen LogP contribution is 2.25. The monoisotopic (exact) mass is 442 g/mol. The van der Waals surface area contributed by atoms with E-state index in [-0.39, 0.29) is 24.9 Å². The molecule has 0 atom stereocenters. The first kappa shape index (κ1) is 22.2. The van der Waals surface area contributed by atoms with Gasteiger partial charge in [0.2, 0.25) is 5.91 Å². The van der Waals surface area contributed by atoms with Crippen molar-refractivity contribution >= 4 is 40.2 Å². The van der Waals surface area contributed by atoms with E-state index in [1.807, 2.05) is 42.6 Å². The maximum atomic E-state index is 12.4. The number of hydrogen-bond donors (Lipinski definition) is 1. The van der Waals surface area contributed by atoms with Crippen molar-refractivity contribution in [1.82, 2.24) is 4.98 Å². The Bertz CT molecular complexity index is 1020. The number of amides is 1. The highest BCUT2D eigenvalue weighted by molar-refractivity contribution is 7.14. The number of hydrogen-bond acceptors (Lipinski definition) is 6. The molecule has 1 amide bonds. The number of carbonyl (C=O) groups excluding carboxylic acids is 2. The highest BCUT2D eigenvalue weighted by atomic mass is 32.1. The summed E-state index contributed by atoms with van der Waals surface area (Å²) in [5.74, 6) is -0.430. The second-order valence-corrected chi connectivity index (χ2v) is 9.09. The topological polar surface area (TPSA) is 68.3 Å². The van der Waals surface area contributed by atoms with Crippen molar-refractivity contribution < 1.29 is 14.3 Å². The molecule has 7 heteroatoms. The number of nitrogens with zero attached hydrogens (tertiary/aromatic N) is 1. The van der Waals surface area contributed by atoms with Gasteiger partial charge >= 0.3 is 5.97 Å². The zero-order chi connectivity index (χ0) is 21.5. The number of rotatable bonds is 9. The maximum Gasteiger partial charge on any atom is 0.348 e. The predicted molar refractivity (Wildman–Crippen MR) is 122 cm³/mol. The van der Waals surface area contributed by atoms with E-state index in [2.05, 4.69) is 24.1 Å². The predicted octanol–water partition coefficient (Wildman–Crippen LogP) is 5.57. The molecular weight excluding hydrogens is 416 g/mol. The van der Waals surface area contributed by atoms with Gasteiger partial charge in [-0.15, -0.1) is 22.7 Å². The van der Waals surface area contributed by atoms with Crippen LogP contribution in [0.3, 0.4) is 0 Å². The Morgan fingerprint density at radius 1 is 1.20 bits per heavy atom. The van der Waals surface area contributed by atoms with Crippen LogP contribution in [0.4, 0.5) is 5.69 Å². The van der Waals surface area contributed by atoms with Gasteiger partial charge in [0.05, 0.1) is 12.1 Å². The lowest BCUT2D eigenvalue weighted by Gasteiger charge is -2.06. The van der Waals surface area contributed by atoms with E-state index in [4.69, 9.17) is 4.74 Å². The Morgan fingerprint density at radius 2 is 2.00 bits per heavy atom. The van der Waals surface area contributed by atoms with E-state index >= 15 is 0 Å². The number of thiazole rings is 1. The highest BCUT2D eigenvalue weighted by Gasteiger charge is 2.16. The summed E-state index contributed by atoms with van der Waals surface area (Å²) in [6.45, 7) is 6.30. The van der Waals surface area contributed by atoms with Gasteiger partial charge in [-0.05, 0) is 43.0 Å². The van der Waals surface area contributed by atoms with E-state index in [1.54, 1.807) is 0 Å². The molecule has 2 heterocycles. The van der Waals surface area contributed by atoms with E-state index in [9.17, 15) is 9.59 Å². The number of nitrogens with one attached hydrogen (secondary N) is 1. The molecule has 0 bridgehead atoms. The van der Waals surface area contributed by atoms with Crippen LogP contribution in [0.5, 0.6) is 0 Å². The summed E-state index contributed by atoms with van der Waals surface area (Å²) in [4.78, 5) is 31.0. The Kier molecular flexibility index (Phi) is 7.76. The summed E-state index contributed by atoms with van der Waals surface area (Å²) in [5.41, 5.74) is 3.70.